The third-order valence-corrected chi connectivity index (χ3v) is 6.71. The van der Waals surface area contributed by atoms with E-state index >= 15 is 0 Å². The van der Waals surface area contributed by atoms with Crippen LogP contribution in [0.3, 0.4) is 0 Å². The van der Waals surface area contributed by atoms with Gasteiger partial charge < -0.3 is 5.32 Å². The first-order valence-corrected chi connectivity index (χ1v) is 9.89. The number of nitrogens with zero attached hydrogens (tertiary/aromatic N) is 1. The van der Waals surface area contributed by atoms with Gasteiger partial charge in [0.25, 0.3) is 5.91 Å². The van der Waals surface area contributed by atoms with E-state index in [1.807, 2.05) is 31.2 Å². The molecule has 3 aliphatic rings. The van der Waals surface area contributed by atoms with E-state index in [1.54, 1.807) is 24.3 Å². The van der Waals surface area contributed by atoms with Crippen molar-refractivity contribution in [3.63, 3.8) is 0 Å². The molecule has 2 bridgehead atoms. The van der Waals surface area contributed by atoms with Gasteiger partial charge in [0, 0.05) is 11.3 Å². The fourth-order valence-corrected chi connectivity index (χ4v) is 5.33. The molecule has 5 nitrogen and oxygen atoms in total. The van der Waals surface area contributed by atoms with E-state index in [4.69, 9.17) is 0 Å². The predicted molar refractivity (Wildman–Crippen MR) is 106 cm³/mol. The van der Waals surface area contributed by atoms with Crippen LogP contribution in [0, 0.1) is 30.6 Å². The quantitative estimate of drug-likeness (QED) is 0.832. The van der Waals surface area contributed by atoms with Crippen LogP contribution in [0.4, 0.5) is 11.4 Å². The molecule has 28 heavy (non-hydrogen) atoms. The molecule has 1 N–H and O–H groups in total. The summed E-state index contributed by atoms with van der Waals surface area (Å²) in [6, 6.07) is 14.3. The Kier molecular flexibility index (Phi) is 3.86. The number of imide groups is 1. The van der Waals surface area contributed by atoms with E-state index in [2.05, 4.69) is 5.32 Å². The second kappa shape index (κ2) is 6.30. The number of rotatable bonds is 3. The molecule has 1 saturated heterocycles. The maximum Gasteiger partial charge on any atom is 0.255 e. The third kappa shape index (κ3) is 2.49. The number of benzene rings is 2. The number of hydrogen-bond donors (Lipinski definition) is 1. The largest absolute Gasteiger partial charge is 0.322 e. The van der Waals surface area contributed by atoms with E-state index in [9.17, 15) is 14.4 Å². The Bertz CT molecular complexity index is 954. The van der Waals surface area contributed by atoms with Crippen molar-refractivity contribution < 1.29 is 14.4 Å². The summed E-state index contributed by atoms with van der Waals surface area (Å²) in [4.78, 5) is 39.7. The molecule has 4 atom stereocenters. The van der Waals surface area contributed by atoms with E-state index in [0.717, 1.165) is 30.5 Å². The smallest absolute Gasteiger partial charge is 0.255 e. The van der Waals surface area contributed by atoms with Crippen LogP contribution in [-0.2, 0) is 9.59 Å². The zero-order chi connectivity index (χ0) is 19.4. The second-order valence-corrected chi connectivity index (χ2v) is 8.21. The lowest BCUT2D eigenvalue weighted by Crippen LogP contribution is -2.32. The van der Waals surface area contributed by atoms with E-state index < -0.39 is 0 Å². The van der Waals surface area contributed by atoms with Crippen molar-refractivity contribution in [1.29, 1.82) is 0 Å². The molecule has 2 aromatic carbocycles. The Labute approximate surface area is 163 Å². The minimum atomic E-state index is -0.213. The summed E-state index contributed by atoms with van der Waals surface area (Å²) in [5.41, 5.74) is 2.81. The zero-order valence-corrected chi connectivity index (χ0v) is 15.7. The number of amides is 3. The van der Waals surface area contributed by atoms with Crippen molar-refractivity contribution in [1.82, 2.24) is 0 Å². The van der Waals surface area contributed by atoms with Crippen molar-refractivity contribution in [3.05, 3.63) is 59.7 Å². The first kappa shape index (κ1) is 17.2. The van der Waals surface area contributed by atoms with Crippen molar-refractivity contribution in [3.8, 4) is 0 Å². The third-order valence-electron chi connectivity index (χ3n) is 6.71. The van der Waals surface area contributed by atoms with Crippen LogP contribution in [0.1, 0.15) is 35.2 Å². The average molecular weight is 374 g/mol. The summed E-state index contributed by atoms with van der Waals surface area (Å²) in [5.74, 6) is 0.158. The highest BCUT2D eigenvalue weighted by molar-refractivity contribution is 6.22. The lowest BCUT2D eigenvalue weighted by atomic mass is 9.81. The lowest BCUT2D eigenvalue weighted by molar-refractivity contribution is -0.123. The van der Waals surface area contributed by atoms with Gasteiger partial charge in [-0.2, -0.15) is 0 Å². The van der Waals surface area contributed by atoms with E-state index in [-0.39, 0.29) is 29.6 Å². The van der Waals surface area contributed by atoms with Gasteiger partial charge in [0.1, 0.15) is 0 Å². The number of fused-ring (bicyclic) bond motifs is 5. The standard InChI is InChI=1S/C23H22N2O3/c1-13-4-2-3-5-18(13)24-21(26)14-8-10-17(11-9-14)25-22(27)19-15-6-7-16(12-15)20(19)23(25)28/h2-5,8-11,15-16,19-20H,6-7,12H2,1H3,(H,24,26). The van der Waals surface area contributed by atoms with E-state index in [0.29, 0.717) is 23.1 Å². The van der Waals surface area contributed by atoms with Crippen LogP contribution in [-0.4, -0.2) is 17.7 Å². The van der Waals surface area contributed by atoms with Gasteiger partial charge in [-0.25, -0.2) is 0 Å². The van der Waals surface area contributed by atoms with Gasteiger partial charge in [0.2, 0.25) is 11.8 Å². The second-order valence-electron chi connectivity index (χ2n) is 8.21. The summed E-state index contributed by atoms with van der Waals surface area (Å²) in [5, 5.41) is 2.90. The molecule has 0 spiro atoms. The number of anilines is 2. The first-order chi connectivity index (χ1) is 13.5. The Morgan fingerprint density at radius 1 is 0.929 bits per heavy atom. The van der Waals surface area contributed by atoms with E-state index in [1.165, 1.54) is 4.90 Å². The molecule has 5 rings (SSSR count). The van der Waals surface area contributed by atoms with Crippen LogP contribution in [0.2, 0.25) is 0 Å². The van der Waals surface area contributed by atoms with Gasteiger partial charge in [0.05, 0.1) is 17.5 Å². The first-order valence-electron chi connectivity index (χ1n) is 9.89. The van der Waals surface area contributed by atoms with Crippen molar-refractivity contribution in [2.75, 3.05) is 10.2 Å². The van der Waals surface area contributed by atoms with Gasteiger partial charge in [-0.3, -0.25) is 19.3 Å². The molecule has 0 aromatic heterocycles. The Morgan fingerprint density at radius 3 is 2.14 bits per heavy atom. The van der Waals surface area contributed by atoms with Crippen LogP contribution in [0.15, 0.2) is 48.5 Å². The van der Waals surface area contributed by atoms with Crippen molar-refractivity contribution in [2.45, 2.75) is 26.2 Å². The summed E-state index contributed by atoms with van der Waals surface area (Å²) < 4.78 is 0. The summed E-state index contributed by atoms with van der Waals surface area (Å²) in [6.45, 7) is 1.94. The van der Waals surface area contributed by atoms with Gasteiger partial charge in [-0.15, -0.1) is 0 Å². The summed E-state index contributed by atoms with van der Waals surface area (Å²) in [6.07, 6.45) is 3.16. The van der Waals surface area contributed by atoms with Crippen LogP contribution in [0.5, 0.6) is 0 Å². The molecule has 4 unspecified atom stereocenters. The maximum absolute atomic E-state index is 12.9. The predicted octanol–water partition coefficient (Wildman–Crippen LogP) is 3.78. The monoisotopic (exact) mass is 374 g/mol. The fourth-order valence-electron chi connectivity index (χ4n) is 5.33. The Morgan fingerprint density at radius 2 is 1.54 bits per heavy atom. The molecular weight excluding hydrogens is 352 g/mol. The molecule has 3 amide bonds. The Hall–Kier alpha value is -2.95. The topological polar surface area (TPSA) is 66.5 Å². The minimum Gasteiger partial charge on any atom is -0.322 e. The molecule has 2 aromatic rings. The van der Waals surface area contributed by atoms with Crippen LogP contribution in [0.25, 0.3) is 0 Å². The maximum atomic E-state index is 12.9. The SMILES string of the molecule is Cc1ccccc1NC(=O)c1ccc(N2C(=O)C3C4CCC(C4)C3C2=O)cc1. The number of carbonyl (C=O) groups is 3. The molecule has 0 radical (unpaired) electrons. The molecule has 1 aliphatic heterocycles. The van der Waals surface area contributed by atoms with Gasteiger partial charge in [0.15, 0.2) is 0 Å². The number of para-hydroxylation sites is 1. The van der Waals surface area contributed by atoms with Crippen LogP contribution < -0.4 is 10.2 Å². The van der Waals surface area contributed by atoms with Gasteiger partial charge in [-0.05, 0) is 73.9 Å². The Balaban J connectivity index is 1.36. The highest BCUT2D eigenvalue weighted by Crippen LogP contribution is 2.56. The average Bonchev–Trinajstić information content (AvgIpc) is 3.38. The molecule has 2 saturated carbocycles. The molecule has 142 valence electrons. The van der Waals surface area contributed by atoms with Crippen molar-refractivity contribution >= 4 is 29.1 Å². The number of nitrogens with one attached hydrogen (secondary N) is 1. The lowest BCUT2D eigenvalue weighted by Gasteiger charge is -2.19. The fraction of sp³-hybridized carbons (Fsp3) is 0.348. The molecule has 1 heterocycles. The number of hydrogen-bond acceptors (Lipinski definition) is 3. The van der Waals surface area contributed by atoms with Gasteiger partial charge >= 0.3 is 0 Å². The molecule has 5 heteroatoms. The summed E-state index contributed by atoms with van der Waals surface area (Å²) >= 11 is 0. The summed E-state index contributed by atoms with van der Waals surface area (Å²) in [7, 11) is 0. The normalized spacial score (nSPS) is 28.0. The molecular formula is C23H22N2O3. The number of carbonyl (C=O) groups excluding carboxylic acids is 3. The van der Waals surface area contributed by atoms with Crippen LogP contribution >= 0.6 is 0 Å². The highest BCUT2D eigenvalue weighted by atomic mass is 16.2. The van der Waals surface area contributed by atoms with Crippen molar-refractivity contribution in [2.24, 2.45) is 23.7 Å². The van der Waals surface area contributed by atoms with Gasteiger partial charge in [-0.1, -0.05) is 18.2 Å². The number of aryl methyl sites for hydroxylation is 1. The zero-order valence-electron chi connectivity index (χ0n) is 15.7. The molecule has 2 aliphatic carbocycles. The minimum absolute atomic E-state index is 0.0562. The highest BCUT2D eigenvalue weighted by Gasteiger charge is 2.61. The molecule has 3 fully saturated rings.